The van der Waals surface area contributed by atoms with Gasteiger partial charge in [-0.1, -0.05) is 0 Å². The molecule has 0 N–H and O–H groups in total. The van der Waals surface area contributed by atoms with Crippen molar-refractivity contribution in [1.29, 1.82) is 0 Å². The molecule has 0 spiro atoms. The van der Waals surface area contributed by atoms with Crippen molar-refractivity contribution in [3.63, 3.8) is 0 Å². The first kappa shape index (κ1) is 10.9. The van der Waals surface area contributed by atoms with Crippen molar-refractivity contribution >= 4 is 0 Å². The van der Waals surface area contributed by atoms with E-state index in [1.165, 1.54) is 0 Å². The van der Waals surface area contributed by atoms with Gasteiger partial charge in [0, 0.05) is 0 Å². The van der Waals surface area contributed by atoms with Crippen molar-refractivity contribution in [3.05, 3.63) is 0 Å². The van der Waals surface area contributed by atoms with E-state index in [2.05, 4.69) is 0 Å². The van der Waals surface area contributed by atoms with E-state index >= 15 is 0 Å². The number of fused-ring (bicyclic) bond motifs is 3. The van der Waals surface area contributed by atoms with E-state index in [-0.39, 0.29) is 24.6 Å². The fourth-order valence-electron chi connectivity index (χ4n) is 2.47. The normalized spacial score (nSPS) is 48.8. The summed E-state index contributed by atoms with van der Waals surface area (Å²) in [5.41, 5.74) is 0. The fraction of sp³-hybridized carbons (Fsp3) is 1.00. The van der Waals surface area contributed by atoms with Gasteiger partial charge in [0.2, 0.25) is 0 Å². The van der Waals surface area contributed by atoms with Crippen molar-refractivity contribution in [2.24, 2.45) is 0 Å². The van der Waals surface area contributed by atoms with E-state index in [1.54, 1.807) is 0 Å². The molecule has 3 aliphatic rings. The molecule has 0 amide bonds. The molecule has 92 valence electrons. The van der Waals surface area contributed by atoms with Gasteiger partial charge in [-0.3, -0.25) is 0 Å². The van der Waals surface area contributed by atoms with Crippen molar-refractivity contribution in [2.45, 2.75) is 63.9 Å². The topological polar surface area (TPSA) is 46.2 Å². The van der Waals surface area contributed by atoms with Crippen molar-refractivity contribution in [1.82, 2.24) is 0 Å². The summed E-state index contributed by atoms with van der Waals surface area (Å²) in [7, 11) is 0. The molecule has 0 aliphatic carbocycles. The minimum absolute atomic E-state index is 0.0841. The van der Waals surface area contributed by atoms with Crippen LogP contribution in [0.1, 0.15) is 27.7 Å². The van der Waals surface area contributed by atoms with Crippen LogP contribution in [0.25, 0.3) is 0 Å². The van der Waals surface area contributed by atoms with E-state index < -0.39 is 11.6 Å². The summed E-state index contributed by atoms with van der Waals surface area (Å²) in [4.78, 5) is 0. The first-order chi connectivity index (χ1) is 7.36. The number of hydrogen-bond donors (Lipinski definition) is 0. The Kier molecular flexibility index (Phi) is 2.17. The van der Waals surface area contributed by atoms with Crippen molar-refractivity contribution in [2.75, 3.05) is 6.61 Å². The molecule has 0 aromatic heterocycles. The van der Waals surface area contributed by atoms with Crippen molar-refractivity contribution in [3.8, 4) is 0 Å². The van der Waals surface area contributed by atoms with E-state index in [0.29, 0.717) is 6.61 Å². The molecule has 0 aromatic carbocycles. The third kappa shape index (κ3) is 1.67. The first-order valence-corrected chi connectivity index (χ1v) is 5.69. The van der Waals surface area contributed by atoms with Crippen LogP contribution in [0.5, 0.6) is 0 Å². The molecule has 0 radical (unpaired) electrons. The number of rotatable bonds is 0. The molecular formula is C11H18O5. The Labute approximate surface area is 94.9 Å². The fourth-order valence-corrected chi connectivity index (χ4v) is 2.47. The molecule has 0 aromatic rings. The van der Waals surface area contributed by atoms with Gasteiger partial charge in [0.1, 0.15) is 18.3 Å². The quantitative estimate of drug-likeness (QED) is 0.621. The second kappa shape index (κ2) is 3.17. The maximum Gasteiger partial charge on any atom is 0.190 e. The molecule has 16 heavy (non-hydrogen) atoms. The maximum atomic E-state index is 5.85. The molecule has 3 rings (SSSR count). The van der Waals surface area contributed by atoms with Crippen LogP contribution in [0, 0.1) is 0 Å². The average molecular weight is 230 g/mol. The summed E-state index contributed by atoms with van der Waals surface area (Å²) >= 11 is 0. The zero-order valence-electron chi connectivity index (χ0n) is 10.1. The Morgan fingerprint density at radius 2 is 1.56 bits per heavy atom. The zero-order valence-corrected chi connectivity index (χ0v) is 10.1. The third-order valence-corrected chi connectivity index (χ3v) is 3.10. The van der Waals surface area contributed by atoms with Gasteiger partial charge in [0.05, 0.1) is 6.61 Å². The summed E-state index contributed by atoms with van der Waals surface area (Å²) in [6.45, 7) is 8.09. The van der Waals surface area contributed by atoms with Crippen LogP contribution in [-0.4, -0.2) is 42.8 Å². The number of hydrogen-bond acceptors (Lipinski definition) is 5. The van der Waals surface area contributed by atoms with Gasteiger partial charge in [-0.25, -0.2) is 0 Å². The predicted octanol–water partition coefficient (Wildman–Crippen LogP) is 1.01. The summed E-state index contributed by atoms with van der Waals surface area (Å²) in [5, 5.41) is 0. The lowest BCUT2D eigenvalue weighted by Gasteiger charge is -2.38. The molecule has 0 unspecified atom stereocenters. The second-order valence-corrected chi connectivity index (χ2v) is 5.44. The van der Waals surface area contributed by atoms with Crippen LogP contribution < -0.4 is 0 Å². The SMILES string of the molecule is CC1(C)O[C@@H]2O[C@H]3COC(C)(C)O[C@H]3[C@H]2O1. The molecule has 5 heteroatoms. The van der Waals surface area contributed by atoms with Crippen LogP contribution in [0.2, 0.25) is 0 Å². The Balaban J connectivity index is 1.78. The smallest absolute Gasteiger partial charge is 0.190 e. The molecule has 4 atom stereocenters. The Bertz CT molecular complexity index is 301. The summed E-state index contributed by atoms with van der Waals surface area (Å²) in [6, 6.07) is 0. The lowest BCUT2D eigenvalue weighted by Crippen LogP contribution is -2.50. The monoisotopic (exact) mass is 230 g/mol. The lowest BCUT2D eigenvalue weighted by atomic mass is 10.1. The highest BCUT2D eigenvalue weighted by molar-refractivity contribution is 4.96. The van der Waals surface area contributed by atoms with Crippen LogP contribution >= 0.6 is 0 Å². The molecule has 0 saturated carbocycles. The largest absolute Gasteiger partial charge is 0.348 e. The highest BCUT2D eigenvalue weighted by Crippen LogP contribution is 2.42. The van der Waals surface area contributed by atoms with Crippen LogP contribution in [0.15, 0.2) is 0 Å². The highest BCUT2D eigenvalue weighted by atomic mass is 16.9. The van der Waals surface area contributed by atoms with Gasteiger partial charge >= 0.3 is 0 Å². The second-order valence-electron chi connectivity index (χ2n) is 5.44. The molecular weight excluding hydrogens is 212 g/mol. The minimum atomic E-state index is -0.591. The minimum Gasteiger partial charge on any atom is -0.348 e. The number of ether oxygens (including phenoxy) is 5. The van der Waals surface area contributed by atoms with Crippen LogP contribution in [0.3, 0.4) is 0 Å². The van der Waals surface area contributed by atoms with Crippen LogP contribution in [0.4, 0.5) is 0 Å². The van der Waals surface area contributed by atoms with Gasteiger partial charge < -0.3 is 23.7 Å². The van der Waals surface area contributed by atoms with Gasteiger partial charge in [0.25, 0.3) is 0 Å². The van der Waals surface area contributed by atoms with Gasteiger partial charge in [-0.15, -0.1) is 0 Å². The van der Waals surface area contributed by atoms with Gasteiger partial charge in [-0.05, 0) is 27.7 Å². The predicted molar refractivity (Wildman–Crippen MR) is 53.6 cm³/mol. The molecule has 0 bridgehead atoms. The molecule has 5 nitrogen and oxygen atoms in total. The third-order valence-electron chi connectivity index (χ3n) is 3.10. The Morgan fingerprint density at radius 1 is 0.875 bits per heavy atom. The molecule has 3 saturated heterocycles. The summed E-state index contributed by atoms with van der Waals surface area (Å²) in [5.74, 6) is -1.17. The summed E-state index contributed by atoms with van der Waals surface area (Å²) < 4.78 is 28.6. The standard InChI is InChI=1S/C11H18O5/c1-10(2)12-5-6-7(14-10)8-9(13-6)16-11(3,4)15-8/h6-9H,5H2,1-4H3/t6-,7+,8+,9-/m0/s1. The maximum absolute atomic E-state index is 5.85. The molecule has 3 heterocycles. The van der Waals surface area contributed by atoms with E-state index in [9.17, 15) is 0 Å². The van der Waals surface area contributed by atoms with Gasteiger partial charge in [-0.2, -0.15) is 0 Å². The Morgan fingerprint density at radius 3 is 2.31 bits per heavy atom. The van der Waals surface area contributed by atoms with Gasteiger partial charge in [0.15, 0.2) is 17.9 Å². The molecule has 3 aliphatic heterocycles. The van der Waals surface area contributed by atoms with E-state index in [4.69, 9.17) is 23.7 Å². The van der Waals surface area contributed by atoms with E-state index in [0.717, 1.165) is 0 Å². The van der Waals surface area contributed by atoms with E-state index in [1.807, 2.05) is 27.7 Å². The Hall–Kier alpha value is -0.200. The first-order valence-electron chi connectivity index (χ1n) is 5.69. The zero-order chi connectivity index (χ0) is 11.6. The van der Waals surface area contributed by atoms with Crippen LogP contribution in [-0.2, 0) is 23.7 Å². The molecule has 3 fully saturated rings. The average Bonchev–Trinajstić information content (AvgIpc) is 2.57. The van der Waals surface area contributed by atoms with Crippen molar-refractivity contribution < 1.29 is 23.7 Å². The highest BCUT2D eigenvalue weighted by Gasteiger charge is 2.58. The lowest BCUT2D eigenvalue weighted by molar-refractivity contribution is -0.319. The summed E-state index contributed by atoms with van der Waals surface area (Å²) in [6.07, 6.45) is -0.666.